The highest BCUT2D eigenvalue weighted by Crippen LogP contribution is 2.33. The summed E-state index contributed by atoms with van der Waals surface area (Å²) in [6, 6.07) is 13.9. The average molecular weight is 254 g/mol. The van der Waals surface area contributed by atoms with Gasteiger partial charge in [0.05, 0.1) is 0 Å². The molecule has 3 nitrogen and oxygen atoms in total. The van der Waals surface area contributed by atoms with E-state index in [1.54, 1.807) is 16.7 Å². The van der Waals surface area contributed by atoms with Gasteiger partial charge in [0.25, 0.3) is 5.56 Å². The maximum absolute atomic E-state index is 11.5. The third kappa shape index (κ3) is 2.61. The summed E-state index contributed by atoms with van der Waals surface area (Å²) in [7, 11) is 0. The van der Waals surface area contributed by atoms with Gasteiger partial charge in [-0.3, -0.25) is 4.79 Å². The van der Waals surface area contributed by atoms with E-state index in [1.807, 2.05) is 12.3 Å². The first-order valence-corrected chi connectivity index (χ1v) is 6.78. The topological polar surface area (TPSA) is 34.0 Å². The van der Waals surface area contributed by atoms with Crippen molar-refractivity contribution < 1.29 is 0 Å². The van der Waals surface area contributed by atoms with Crippen molar-refractivity contribution in [1.29, 1.82) is 0 Å². The van der Waals surface area contributed by atoms with Crippen LogP contribution in [-0.4, -0.2) is 17.7 Å². The molecule has 0 fully saturated rings. The zero-order valence-corrected chi connectivity index (χ0v) is 10.9. The third-order valence-corrected chi connectivity index (χ3v) is 3.78. The molecule has 98 valence electrons. The van der Waals surface area contributed by atoms with E-state index < -0.39 is 0 Å². The fourth-order valence-electron chi connectivity index (χ4n) is 2.67. The van der Waals surface area contributed by atoms with Crippen molar-refractivity contribution in [2.24, 2.45) is 0 Å². The molecule has 19 heavy (non-hydrogen) atoms. The van der Waals surface area contributed by atoms with Crippen LogP contribution in [-0.2, 0) is 13.0 Å². The molecule has 1 aromatic carbocycles. The molecule has 1 aliphatic carbocycles. The second kappa shape index (κ2) is 5.41. The Hall–Kier alpha value is -1.87. The molecule has 0 saturated carbocycles. The molecule has 1 heterocycles. The molecule has 0 amide bonds. The first-order valence-electron chi connectivity index (χ1n) is 6.78. The van der Waals surface area contributed by atoms with Crippen LogP contribution >= 0.6 is 0 Å². The van der Waals surface area contributed by atoms with Crippen LogP contribution in [0.3, 0.4) is 0 Å². The first kappa shape index (κ1) is 12.2. The minimum Gasteiger partial charge on any atom is -0.314 e. The first-order chi connectivity index (χ1) is 9.34. The van der Waals surface area contributed by atoms with Crippen LogP contribution in [0.25, 0.3) is 0 Å². The van der Waals surface area contributed by atoms with Crippen LogP contribution in [0.1, 0.15) is 17.0 Å². The van der Waals surface area contributed by atoms with Gasteiger partial charge in [-0.25, -0.2) is 0 Å². The average Bonchev–Trinajstić information content (AvgIpc) is 2.41. The number of pyridine rings is 1. The van der Waals surface area contributed by atoms with E-state index in [9.17, 15) is 4.79 Å². The largest absolute Gasteiger partial charge is 0.314 e. The summed E-state index contributed by atoms with van der Waals surface area (Å²) < 4.78 is 1.74. The second-order valence-electron chi connectivity index (χ2n) is 5.04. The lowest BCUT2D eigenvalue weighted by Crippen LogP contribution is -2.32. The van der Waals surface area contributed by atoms with Gasteiger partial charge < -0.3 is 9.88 Å². The highest BCUT2D eigenvalue weighted by Gasteiger charge is 2.24. The summed E-state index contributed by atoms with van der Waals surface area (Å²) in [4.78, 5) is 11.5. The standard InChI is InChI=1S/C16H18N2O/c19-16-7-3-4-9-18(16)10-8-17-12-14-11-13-5-1-2-6-15(13)14/h1-7,9,14,17H,8,10-12H2. The Labute approximate surface area is 112 Å². The quantitative estimate of drug-likeness (QED) is 0.825. The molecule has 0 saturated heterocycles. The minimum absolute atomic E-state index is 0.0679. The minimum atomic E-state index is 0.0679. The summed E-state index contributed by atoms with van der Waals surface area (Å²) >= 11 is 0. The van der Waals surface area contributed by atoms with E-state index in [-0.39, 0.29) is 5.56 Å². The van der Waals surface area contributed by atoms with E-state index in [0.717, 1.165) is 19.6 Å². The van der Waals surface area contributed by atoms with Crippen LogP contribution in [0.2, 0.25) is 0 Å². The van der Waals surface area contributed by atoms with Gasteiger partial charge in [0.2, 0.25) is 0 Å². The highest BCUT2D eigenvalue weighted by atomic mass is 16.1. The molecule has 1 N–H and O–H groups in total. The molecule has 0 radical (unpaired) electrons. The molecular formula is C16H18N2O. The predicted molar refractivity (Wildman–Crippen MR) is 76.5 cm³/mol. The molecule has 0 bridgehead atoms. The molecule has 0 spiro atoms. The number of hydrogen-bond donors (Lipinski definition) is 1. The van der Waals surface area contributed by atoms with Gasteiger partial charge in [-0.15, -0.1) is 0 Å². The summed E-state index contributed by atoms with van der Waals surface area (Å²) in [6.45, 7) is 2.56. The summed E-state index contributed by atoms with van der Waals surface area (Å²) in [5.41, 5.74) is 3.03. The van der Waals surface area contributed by atoms with Gasteiger partial charge in [-0.2, -0.15) is 0 Å². The number of nitrogens with one attached hydrogen (secondary N) is 1. The molecule has 2 aromatic rings. The normalized spacial score (nSPS) is 16.7. The summed E-state index contributed by atoms with van der Waals surface area (Å²) in [6.07, 6.45) is 3.01. The fourth-order valence-corrected chi connectivity index (χ4v) is 2.67. The second-order valence-corrected chi connectivity index (χ2v) is 5.04. The van der Waals surface area contributed by atoms with E-state index in [0.29, 0.717) is 5.92 Å². The van der Waals surface area contributed by atoms with E-state index in [1.165, 1.54) is 17.5 Å². The molecule has 0 aliphatic heterocycles. The molecule has 3 heteroatoms. The Morgan fingerprint density at radius 2 is 2.00 bits per heavy atom. The molecular weight excluding hydrogens is 236 g/mol. The molecule has 1 atom stereocenters. The Balaban J connectivity index is 1.46. The van der Waals surface area contributed by atoms with Crippen molar-refractivity contribution in [2.75, 3.05) is 13.1 Å². The number of benzene rings is 1. The molecule has 3 rings (SSSR count). The van der Waals surface area contributed by atoms with Crippen molar-refractivity contribution in [3.63, 3.8) is 0 Å². The molecule has 1 unspecified atom stereocenters. The zero-order valence-electron chi connectivity index (χ0n) is 10.9. The lowest BCUT2D eigenvalue weighted by Gasteiger charge is -2.30. The highest BCUT2D eigenvalue weighted by molar-refractivity contribution is 5.40. The number of rotatable bonds is 5. The van der Waals surface area contributed by atoms with Gasteiger partial charge in [0, 0.05) is 37.8 Å². The Morgan fingerprint density at radius 3 is 2.84 bits per heavy atom. The summed E-state index contributed by atoms with van der Waals surface area (Å²) in [5.74, 6) is 0.642. The van der Waals surface area contributed by atoms with Gasteiger partial charge in [0.1, 0.15) is 0 Å². The number of nitrogens with zero attached hydrogens (tertiary/aromatic N) is 1. The number of hydrogen-bond acceptors (Lipinski definition) is 2. The van der Waals surface area contributed by atoms with Gasteiger partial charge in [-0.05, 0) is 23.6 Å². The van der Waals surface area contributed by atoms with Crippen molar-refractivity contribution in [1.82, 2.24) is 9.88 Å². The van der Waals surface area contributed by atoms with Crippen LogP contribution < -0.4 is 10.9 Å². The number of fused-ring (bicyclic) bond motifs is 1. The zero-order chi connectivity index (χ0) is 13.1. The van der Waals surface area contributed by atoms with Crippen molar-refractivity contribution >= 4 is 0 Å². The monoisotopic (exact) mass is 254 g/mol. The smallest absolute Gasteiger partial charge is 0.250 e. The van der Waals surface area contributed by atoms with Gasteiger partial charge in [-0.1, -0.05) is 30.3 Å². The molecule has 1 aliphatic rings. The van der Waals surface area contributed by atoms with Crippen molar-refractivity contribution in [3.05, 3.63) is 70.1 Å². The fraction of sp³-hybridized carbons (Fsp3) is 0.312. The van der Waals surface area contributed by atoms with Crippen molar-refractivity contribution in [2.45, 2.75) is 18.9 Å². The van der Waals surface area contributed by atoms with Gasteiger partial charge >= 0.3 is 0 Å². The Bertz CT molecular complexity index is 618. The SMILES string of the molecule is O=c1ccccn1CCNCC1Cc2ccccc21. The number of aromatic nitrogens is 1. The van der Waals surface area contributed by atoms with E-state index in [4.69, 9.17) is 0 Å². The third-order valence-electron chi connectivity index (χ3n) is 3.78. The van der Waals surface area contributed by atoms with Gasteiger partial charge in [0.15, 0.2) is 0 Å². The van der Waals surface area contributed by atoms with Crippen LogP contribution in [0, 0.1) is 0 Å². The van der Waals surface area contributed by atoms with Crippen molar-refractivity contribution in [3.8, 4) is 0 Å². The lowest BCUT2D eigenvalue weighted by atomic mass is 9.78. The van der Waals surface area contributed by atoms with Crippen LogP contribution in [0.15, 0.2) is 53.5 Å². The molecule has 1 aromatic heterocycles. The lowest BCUT2D eigenvalue weighted by molar-refractivity contribution is 0.511. The van der Waals surface area contributed by atoms with Crippen LogP contribution in [0.5, 0.6) is 0 Å². The van der Waals surface area contributed by atoms with E-state index in [2.05, 4.69) is 29.6 Å². The summed E-state index contributed by atoms with van der Waals surface area (Å²) in [5, 5.41) is 3.44. The Morgan fingerprint density at radius 1 is 1.16 bits per heavy atom. The maximum Gasteiger partial charge on any atom is 0.250 e. The van der Waals surface area contributed by atoms with Crippen LogP contribution in [0.4, 0.5) is 0 Å². The maximum atomic E-state index is 11.5. The predicted octanol–water partition coefficient (Wildman–Crippen LogP) is 1.78. The Kier molecular flexibility index (Phi) is 3.47. The van der Waals surface area contributed by atoms with E-state index >= 15 is 0 Å².